The predicted molar refractivity (Wildman–Crippen MR) is 70.9 cm³/mol. The molecule has 1 fully saturated rings. The van der Waals surface area contributed by atoms with Gasteiger partial charge in [-0.15, -0.1) is 0 Å². The molecule has 2 rings (SSSR count). The van der Waals surface area contributed by atoms with E-state index in [9.17, 15) is 35.9 Å². The molecule has 0 spiro atoms. The lowest BCUT2D eigenvalue weighted by Gasteiger charge is -2.17. The van der Waals surface area contributed by atoms with E-state index in [-0.39, 0.29) is 18.4 Å². The minimum atomic E-state index is -4.99. The van der Waals surface area contributed by atoms with Gasteiger partial charge in [0.2, 0.25) is 11.8 Å². The van der Waals surface area contributed by atoms with Crippen molar-refractivity contribution in [1.82, 2.24) is 4.90 Å². The fraction of sp³-hybridized carbons (Fsp3) is 0.429. The molecule has 24 heavy (non-hydrogen) atoms. The Bertz CT molecular complexity index is 621. The number of carbonyl (C=O) groups excluding carboxylic acids is 2. The number of rotatable bonds is 3. The molecular weight excluding hydrogens is 342 g/mol. The van der Waals surface area contributed by atoms with Crippen LogP contribution in [0, 0.1) is 0 Å². The average Bonchev–Trinajstić information content (AvgIpc) is 2.81. The summed E-state index contributed by atoms with van der Waals surface area (Å²) in [7, 11) is 0. The smallest absolute Gasteiger partial charge is 0.333 e. The molecule has 1 aromatic rings. The fourth-order valence-electron chi connectivity index (χ4n) is 2.27. The first kappa shape index (κ1) is 18.1. The van der Waals surface area contributed by atoms with Crippen molar-refractivity contribution < 1.29 is 35.9 Å². The van der Waals surface area contributed by atoms with E-state index in [1.165, 1.54) is 4.90 Å². The monoisotopic (exact) mass is 354 g/mol. The van der Waals surface area contributed by atoms with Gasteiger partial charge in [-0.25, -0.2) is 0 Å². The minimum Gasteiger partial charge on any atom is -0.333 e. The molecule has 0 unspecified atom stereocenters. The lowest BCUT2D eigenvalue weighted by molar-refractivity contribution is -0.143. The highest BCUT2D eigenvalue weighted by atomic mass is 19.4. The standard InChI is InChI=1S/C14H12F6N2O2/c15-13(16,17)8-4-9(14(18,19)20)6-10(5-8)21-11(23)7-22-3-1-2-12(22)24/h4-6H,1-3,7H2,(H,21,23). The van der Waals surface area contributed by atoms with Gasteiger partial charge in [0.05, 0.1) is 17.7 Å². The number of amides is 2. The molecule has 1 aliphatic heterocycles. The Morgan fingerprint density at radius 2 is 1.58 bits per heavy atom. The van der Waals surface area contributed by atoms with Crippen molar-refractivity contribution in [2.75, 3.05) is 18.4 Å². The van der Waals surface area contributed by atoms with E-state index >= 15 is 0 Å². The van der Waals surface area contributed by atoms with Crippen molar-refractivity contribution in [3.63, 3.8) is 0 Å². The number of hydrogen-bond donors (Lipinski definition) is 1. The molecule has 0 aliphatic carbocycles. The van der Waals surface area contributed by atoms with Crippen LogP contribution in [0.3, 0.4) is 0 Å². The van der Waals surface area contributed by atoms with E-state index in [0.29, 0.717) is 25.1 Å². The number of halogens is 6. The number of hydrogen-bond acceptors (Lipinski definition) is 2. The number of alkyl halides is 6. The Labute approximate surface area is 132 Å². The molecule has 0 atom stereocenters. The summed E-state index contributed by atoms with van der Waals surface area (Å²) in [6, 6.07) is 0.803. The van der Waals surface area contributed by atoms with Crippen molar-refractivity contribution in [1.29, 1.82) is 0 Å². The summed E-state index contributed by atoms with van der Waals surface area (Å²) in [6.07, 6.45) is -9.18. The summed E-state index contributed by atoms with van der Waals surface area (Å²) >= 11 is 0. The van der Waals surface area contributed by atoms with Gasteiger partial charge in [0.25, 0.3) is 0 Å². The van der Waals surface area contributed by atoms with Gasteiger partial charge < -0.3 is 10.2 Å². The zero-order valence-electron chi connectivity index (χ0n) is 12.1. The zero-order valence-corrected chi connectivity index (χ0v) is 12.1. The first-order valence-electron chi connectivity index (χ1n) is 6.84. The quantitative estimate of drug-likeness (QED) is 0.847. The van der Waals surface area contributed by atoms with Gasteiger partial charge in [0.15, 0.2) is 0 Å². The lowest BCUT2D eigenvalue weighted by Crippen LogP contribution is -2.34. The highest BCUT2D eigenvalue weighted by Crippen LogP contribution is 2.37. The van der Waals surface area contributed by atoms with Crippen LogP contribution in [0.15, 0.2) is 18.2 Å². The number of likely N-dealkylation sites (tertiary alicyclic amines) is 1. The van der Waals surface area contributed by atoms with E-state index in [1.807, 2.05) is 5.32 Å². The fourth-order valence-corrected chi connectivity index (χ4v) is 2.27. The second kappa shape index (κ2) is 6.33. The number of carbonyl (C=O) groups is 2. The van der Waals surface area contributed by atoms with Crippen LogP contribution in [0.5, 0.6) is 0 Å². The summed E-state index contributed by atoms with van der Waals surface area (Å²) in [6.45, 7) is -0.0981. The van der Waals surface area contributed by atoms with Gasteiger partial charge in [-0.3, -0.25) is 9.59 Å². The molecule has 1 aromatic carbocycles. The maximum atomic E-state index is 12.7. The normalized spacial score (nSPS) is 15.8. The van der Waals surface area contributed by atoms with Crippen LogP contribution in [0.4, 0.5) is 32.0 Å². The third-order valence-corrected chi connectivity index (χ3v) is 3.38. The van der Waals surface area contributed by atoms with Gasteiger partial charge in [0.1, 0.15) is 0 Å². The summed E-state index contributed by atoms with van der Waals surface area (Å²) in [5.41, 5.74) is -3.68. The van der Waals surface area contributed by atoms with E-state index in [4.69, 9.17) is 0 Å². The van der Waals surface area contributed by atoms with Crippen LogP contribution in [-0.2, 0) is 21.9 Å². The molecule has 10 heteroatoms. The molecule has 1 N–H and O–H groups in total. The van der Waals surface area contributed by atoms with Crippen molar-refractivity contribution in [3.8, 4) is 0 Å². The molecule has 132 valence electrons. The summed E-state index contributed by atoms with van der Waals surface area (Å²) in [5.74, 6) is -1.15. The van der Waals surface area contributed by atoms with Crippen LogP contribution in [0.2, 0.25) is 0 Å². The van der Waals surface area contributed by atoms with Gasteiger partial charge in [-0.1, -0.05) is 0 Å². The Kier molecular flexibility index (Phi) is 4.77. The van der Waals surface area contributed by atoms with Crippen molar-refractivity contribution in [2.24, 2.45) is 0 Å². The van der Waals surface area contributed by atoms with Crippen molar-refractivity contribution >= 4 is 17.5 Å². The lowest BCUT2D eigenvalue weighted by atomic mass is 10.1. The molecule has 4 nitrogen and oxygen atoms in total. The van der Waals surface area contributed by atoms with Gasteiger partial charge in [0, 0.05) is 18.7 Å². The SMILES string of the molecule is O=C(CN1CCCC1=O)Nc1cc(C(F)(F)F)cc(C(F)(F)F)c1. The molecule has 2 amide bonds. The van der Waals surface area contributed by atoms with Crippen LogP contribution in [0.1, 0.15) is 24.0 Å². The summed E-state index contributed by atoms with van der Waals surface area (Å²) < 4.78 is 76.3. The summed E-state index contributed by atoms with van der Waals surface area (Å²) in [4.78, 5) is 24.3. The number of nitrogens with zero attached hydrogens (tertiary/aromatic N) is 1. The number of benzene rings is 1. The first-order valence-corrected chi connectivity index (χ1v) is 6.84. The molecule has 1 heterocycles. The van der Waals surface area contributed by atoms with E-state index in [0.717, 1.165) is 0 Å². The van der Waals surface area contributed by atoms with Crippen LogP contribution >= 0.6 is 0 Å². The van der Waals surface area contributed by atoms with Crippen LogP contribution in [0.25, 0.3) is 0 Å². The highest BCUT2D eigenvalue weighted by Gasteiger charge is 2.37. The number of nitrogens with one attached hydrogen (secondary N) is 1. The van der Waals surface area contributed by atoms with E-state index in [2.05, 4.69) is 0 Å². The van der Waals surface area contributed by atoms with Gasteiger partial charge in [-0.2, -0.15) is 26.3 Å². The predicted octanol–water partition coefficient (Wildman–Crippen LogP) is 3.29. The second-order valence-corrected chi connectivity index (χ2v) is 5.26. The molecule has 0 aromatic heterocycles. The molecule has 0 bridgehead atoms. The topological polar surface area (TPSA) is 49.4 Å². The molecule has 0 radical (unpaired) electrons. The maximum absolute atomic E-state index is 12.7. The highest BCUT2D eigenvalue weighted by molar-refractivity contribution is 5.95. The Morgan fingerprint density at radius 3 is 2.00 bits per heavy atom. The first-order chi connectivity index (χ1) is 11.0. The largest absolute Gasteiger partial charge is 0.416 e. The zero-order chi connectivity index (χ0) is 18.1. The van der Waals surface area contributed by atoms with Crippen LogP contribution in [-0.4, -0.2) is 29.8 Å². The maximum Gasteiger partial charge on any atom is 0.416 e. The van der Waals surface area contributed by atoms with E-state index in [1.54, 1.807) is 0 Å². The van der Waals surface area contributed by atoms with Crippen molar-refractivity contribution in [3.05, 3.63) is 29.3 Å². The van der Waals surface area contributed by atoms with Crippen molar-refractivity contribution in [2.45, 2.75) is 25.2 Å². The van der Waals surface area contributed by atoms with Crippen LogP contribution < -0.4 is 5.32 Å². The third kappa shape index (κ3) is 4.39. The van der Waals surface area contributed by atoms with E-state index < -0.39 is 41.6 Å². The molecule has 1 aliphatic rings. The van der Waals surface area contributed by atoms with Gasteiger partial charge >= 0.3 is 12.4 Å². The summed E-state index contributed by atoms with van der Waals surface area (Å²) in [5, 5.41) is 1.98. The second-order valence-electron chi connectivity index (χ2n) is 5.26. The minimum absolute atomic E-state index is 0.0281. The number of anilines is 1. The molecule has 0 saturated carbocycles. The Hall–Kier alpha value is -2.26. The average molecular weight is 354 g/mol. The molecule has 1 saturated heterocycles. The third-order valence-electron chi connectivity index (χ3n) is 3.38. The Balaban J connectivity index is 2.22. The Morgan fingerprint density at radius 1 is 1.04 bits per heavy atom. The van der Waals surface area contributed by atoms with Gasteiger partial charge in [-0.05, 0) is 24.6 Å². The molecular formula is C14H12F6N2O2.